The predicted molar refractivity (Wildman–Crippen MR) is 95.4 cm³/mol. The fourth-order valence-corrected chi connectivity index (χ4v) is 3.46. The van der Waals surface area contributed by atoms with Gasteiger partial charge in [-0.1, -0.05) is 18.2 Å². The summed E-state index contributed by atoms with van der Waals surface area (Å²) in [7, 11) is 2.03. The lowest BCUT2D eigenvalue weighted by Crippen LogP contribution is -3.08. The van der Waals surface area contributed by atoms with Crippen LogP contribution in [0, 0.1) is 6.92 Å². The van der Waals surface area contributed by atoms with E-state index in [0.717, 1.165) is 50.7 Å². The molecule has 1 unspecified atom stereocenters. The van der Waals surface area contributed by atoms with Crippen LogP contribution in [0.25, 0.3) is 10.9 Å². The number of fused-ring (bicyclic) bond motifs is 2. The van der Waals surface area contributed by atoms with E-state index < -0.39 is 0 Å². The van der Waals surface area contributed by atoms with E-state index >= 15 is 0 Å². The Kier molecular flexibility index (Phi) is 3.93. The Hall–Kier alpha value is -2.79. The number of carbonyl (C=O) groups is 1. The molecule has 0 bridgehead atoms. The largest absolute Gasteiger partial charge is 0.454 e. The first-order valence-corrected chi connectivity index (χ1v) is 8.42. The van der Waals surface area contributed by atoms with Crippen molar-refractivity contribution in [1.29, 1.82) is 0 Å². The van der Waals surface area contributed by atoms with Gasteiger partial charge in [-0.3, -0.25) is 4.79 Å². The highest BCUT2D eigenvalue weighted by Crippen LogP contribution is 2.32. The monoisotopic (exact) mass is 337 g/mol. The molecule has 1 aliphatic rings. The zero-order chi connectivity index (χ0) is 17.4. The molecule has 128 valence electrons. The smallest absolute Gasteiger partial charge is 0.231 e. The molecule has 1 atom stereocenters. The first kappa shape index (κ1) is 15.7. The molecule has 1 aliphatic heterocycles. The predicted octanol–water partition coefficient (Wildman–Crippen LogP) is 2.10. The number of rotatable bonds is 5. The molecule has 0 saturated carbocycles. The summed E-state index contributed by atoms with van der Waals surface area (Å²) < 4.78 is 10.8. The molecular weight excluding hydrogens is 316 g/mol. The molecular formula is C20H21N2O3+. The number of Topliss-reactive ketones (excluding diaryl/α,β-unsaturated/α-hetero) is 1. The standard InChI is InChI=1S/C20H20N2O3/c1-13-20(15-5-3-4-6-16(15)21-13)17(23)11-22(2)10-14-7-8-18-19(9-14)25-12-24-18/h3-9,21H,10-12H2,1-2H3/p+1. The Bertz CT molecular complexity index is 945. The Morgan fingerprint density at radius 3 is 2.84 bits per heavy atom. The van der Waals surface area contributed by atoms with Crippen molar-refractivity contribution in [3.8, 4) is 11.5 Å². The highest BCUT2D eigenvalue weighted by atomic mass is 16.7. The van der Waals surface area contributed by atoms with E-state index in [1.807, 2.05) is 56.4 Å². The molecule has 25 heavy (non-hydrogen) atoms. The topological polar surface area (TPSA) is 55.8 Å². The van der Waals surface area contributed by atoms with Crippen molar-refractivity contribution in [1.82, 2.24) is 4.98 Å². The third-order valence-electron chi connectivity index (χ3n) is 4.58. The summed E-state index contributed by atoms with van der Waals surface area (Å²) in [4.78, 5) is 17.3. The van der Waals surface area contributed by atoms with Gasteiger partial charge in [0.05, 0.1) is 12.6 Å². The van der Waals surface area contributed by atoms with Gasteiger partial charge >= 0.3 is 0 Å². The molecule has 0 aliphatic carbocycles. The molecule has 0 spiro atoms. The number of quaternary nitrogens is 1. The molecule has 2 heterocycles. The Morgan fingerprint density at radius 1 is 1.16 bits per heavy atom. The first-order valence-electron chi connectivity index (χ1n) is 8.42. The maximum absolute atomic E-state index is 12.8. The molecule has 5 nitrogen and oxygen atoms in total. The summed E-state index contributed by atoms with van der Waals surface area (Å²) in [6.45, 7) is 3.43. The molecule has 2 N–H and O–H groups in total. The Labute approximate surface area is 146 Å². The normalized spacial score (nSPS) is 14.0. The van der Waals surface area contributed by atoms with Crippen molar-refractivity contribution in [3.05, 3.63) is 59.3 Å². The van der Waals surface area contributed by atoms with Gasteiger partial charge in [0, 0.05) is 22.2 Å². The highest BCUT2D eigenvalue weighted by Gasteiger charge is 2.20. The number of aromatic nitrogens is 1. The van der Waals surface area contributed by atoms with E-state index in [1.54, 1.807) is 0 Å². The van der Waals surface area contributed by atoms with Crippen LogP contribution in [0.3, 0.4) is 0 Å². The number of hydrogen-bond acceptors (Lipinski definition) is 3. The van der Waals surface area contributed by atoms with Gasteiger partial charge in [0.1, 0.15) is 13.1 Å². The SMILES string of the molecule is Cc1[nH]c2ccccc2c1C(=O)C[NH+](C)Cc1ccc2c(c1)OCO2. The van der Waals surface area contributed by atoms with Crippen LogP contribution in [0.4, 0.5) is 0 Å². The van der Waals surface area contributed by atoms with Crippen LogP contribution in [0.2, 0.25) is 0 Å². The maximum atomic E-state index is 12.8. The molecule has 4 rings (SSSR count). The molecule has 3 aromatic rings. The maximum Gasteiger partial charge on any atom is 0.231 e. The van der Waals surface area contributed by atoms with Crippen molar-refractivity contribution in [2.75, 3.05) is 20.4 Å². The number of para-hydroxylation sites is 1. The third kappa shape index (κ3) is 2.98. The summed E-state index contributed by atoms with van der Waals surface area (Å²) in [6.07, 6.45) is 0. The van der Waals surface area contributed by atoms with Crippen molar-refractivity contribution < 1.29 is 19.2 Å². The van der Waals surface area contributed by atoms with Crippen molar-refractivity contribution in [2.24, 2.45) is 0 Å². The molecule has 0 amide bonds. The number of likely N-dealkylation sites (N-methyl/N-ethyl adjacent to an activating group) is 1. The second kappa shape index (κ2) is 6.26. The van der Waals surface area contributed by atoms with E-state index in [-0.39, 0.29) is 12.6 Å². The van der Waals surface area contributed by atoms with Crippen molar-refractivity contribution in [2.45, 2.75) is 13.5 Å². The quantitative estimate of drug-likeness (QED) is 0.701. The van der Waals surface area contributed by atoms with Gasteiger partial charge in [-0.2, -0.15) is 0 Å². The minimum Gasteiger partial charge on any atom is -0.454 e. The van der Waals surface area contributed by atoms with E-state index in [2.05, 4.69) is 4.98 Å². The Balaban J connectivity index is 1.49. The summed E-state index contributed by atoms with van der Waals surface area (Å²) in [5.41, 5.74) is 3.88. The number of ether oxygens (including phenoxy) is 2. The summed E-state index contributed by atoms with van der Waals surface area (Å²) in [5, 5.41) is 1.00. The fourth-order valence-electron chi connectivity index (χ4n) is 3.46. The van der Waals surface area contributed by atoms with Crippen LogP contribution in [0.15, 0.2) is 42.5 Å². The van der Waals surface area contributed by atoms with E-state index in [9.17, 15) is 4.79 Å². The summed E-state index contributed by atoms with van der Waals surface area (Å²) in [5.74, 6) is 1.73. The lowest BCUT2D eigenvalue weighted by molar-refractivity contribution is -0.884. The van der Waals surface area contributed by atoms with Crippen LogP contribution in [-0.4, -0.2) is 31.2 Å². The van der Waals surface area contributed by atoms with Gasteiger partial charge in [0.15, 0.2) is 11.5 Å². The van der Waals surface area contributed by atoms with Gasteiger partial charge < -0.3 is 19.4 Å². The number of carbonyl (C=O) groups excluding carboxylic acids is 1. The van der Waals surface area contributed by atoms with Gasteiger partial charge in [-0.25, -0.2) is 0 Å². The van der Waals surface area contributed by atoms with Crippen LogP contribution in [0.5, 0.6) is 11.5 Å². The number of nitrogens with one attached hydrogen (secondary N) is 2. The number of benzene rings is 2. The van der Waals surface area contributed by atoms with Crippen LogP contribution >= 0.6 is 0 Å². The van der Waals surface area contributed by atoms with Crippen molar-refractivity contribution in [3.63, 3.8) is 0 Å². The lowest BCUT2D eigenvalue weighted by Gasteiger charge is -2.14. The van der Waals surface area contributed by atoms with Gasteiger partial charge in [-0.15, -0.1) is 0 Å². The van der Waals surface area contributed by atoms with E-state index in [4.69, 9.17) is 9.47 Å². The molecule has 2 aromatic carbocycles. The second-order valence-corrected chi connectivity index (χ2v) is 6.59. The minimum absolute atomic E-state index is 0.160. The Morgan fingerprint density at radius 2 is 1.96 bits per heavy atom. The molecule has 0 saturated heterocycles. The molecule has 1 aromatic heterocycles. The number of hydrogen-bond donors (Lipinski definition) is 2. The van der Waals surface area contributed by atoms with Gasteiger partial charge in [0.25, 0.3) is 0 Å². The number of ketones is 1. The van der Waals surface area contributed by atoms with Gasteiger partial charge in [-0.05, 0) is 31.2 Å². The number of H-pyrrole nitrogens is 1. The summed E-state index contributed by atoms with van der Waals surface area (Å²) >= 11 is 0. The molecule has 5 heteroatoms. The lowest BCUT2D eigenvalue weighted by atomic mass is 10.1. The number of aromatic amines is 1. The van der Waals surface area contributed by atoms with Crippen LogP contribution in [-0.2, 0) is 6.54 Å². The zero-order valence-electron chi connectivity index (χ0n) is 14.4. The van der Waals surface area contributed by atoms with Gasteiger partial charge in [0.2, 0.25) is 12.6 Å². The first-order chi connectivity index (χ1) is 12.1. The van der Waals surface area contributed by atoms with Crippen LogP contribution < -0.4 is 14.4 Å². The second-order valence-electron chi connectivity index (χ2n) is 6.59. The molecule has 0 radical (unpaired) electrons. The van der Waals surface area contributed by atoms with E-state index in [1.165, 1.54) is 0 Å². The molecule has 0 fully saturated rings. The highest BCUT2D eigenvalue weighted by molar-refractivity contribution is 6.09. The minimum atomic E-state index is 0.160. The number of aryl methyl sites for hydroxylation is 1. The average molecular weight is 337 g/mol. The fraction of sp³-hybridized carbons (Fsp3) is 0.250. The van der Waals surface area contributed by atoms with E-state index in [0.29, 0.717) is 6.54 Å². The zero-order valence-corrected chi connectivity index (χ0v) is 14.4. The van der Waals surface area contributed by atoms with Crippen molar-refractivity contribution >= 4 is 16.7 Å². The average Bonchev–Trinajstić information content (AvgIpc) is 3.16. The summed E-state index contributed by atoms with van der Waals surface area (Å²) in [6, 6.07) is 13.9. The third-order valence-corrected chi connectivity index (χ3v) is 4.58. The van der Waals surface area contributed by atoms with Crippen LogP contribution in [0.1, 0.15) is 21.6 Å².